The number of hydrogen-bond acceptors (Lipinski definition) is 5. The van der Waals surface area contributed by atoms with E-state index < -0.39 is 11.7 Å². The van der Waals surface area contributed by atoms with Crippen molar-refractivity contribution in [3.63, 3.8) is 0 Å². The first-order valence-corrected chi connectivity index (χ1v) is 12.7. The standard InChI is InChI=1S/C28H27F3N4O2S/c1-16(2)21-13-22(25(37)14-24(21)36)26(32)35(20-8-9-23-18(12-20)10-11-34(23)3)27(33)38-15-17-4-6-19(7-5-17)28(29,30)31/h4-14,16,32-33,36-37H,15H2,1-3H3. The number of aromatic nitrogens is 1. The van der Waals surface area contributed by atoms with Gasteiger partial charge < -0.3 is 14.8 Å². The van der Waals surface area contributed by atoms with E-state index in [4.69, 9.17) is 10.8 Å². The molecule has 1 aromatic heterocycles. The maximum atomic E-state index is 12.9. The van der Waals surface area contributed by atoms with Crippen molar-refractivity contribution in [2.75, 3.05) is 4.90 Å². The Hall–Kier alpha value is -3.92. The predicted octanol–water partition coefficient (Wildman–Crippen LogP) is 7.43. The number of rotatable bonds is 5. The van der Waals surface area contributed by atoms with Crippen LogP contribution in [-0.2, 0) is 19.0 Å². The van der Waals surface area contributed by atoms with Crippen molar-refractivity contribution in [2.45, 2.75) is 31.7 Å². The number of alkyl halides is 3. The minimum absolute atomic E-state index is 0.0521. The van der Waals surface area contributed by atoms with Crippen molar-refractivity contribution in [2.24, 2.45) is 7.05 Å². The third kappa shape index (κ3) is 5.50. The fourth-order valence-electron chi connectivity index (χ4n) is 4.13. The molecule has 0 atom stereocenters. The van der Waals surface area contributed by atoms with E-state index in [2.05, 4.69) is 0 Å². The highest BCUT2D eigenvalue weighted by Crippen LogP contribution is 2.35. The molecule has 38 heavy (non-hydrogen) atoms. The SMILES string of the molecule is CC(C)c1cc(C(=N)N(C(=N)SCc2ccc(C(F)(F)F)cc2)c2ccc3c(ccn3C)c2)c(O)cc1O. The normalized spacial score (nSPS) is 11.8. The number of fused-ring (bicyclic) bond motifs is 1. The van der Waals surface area contributed by atoms with E-state index in [0.29, 0.717) is 16.8 Å². The van der Waals surface area contributed by atoms with Crippen LogP contribution in [0, 0.1) is 10.8 Å². The fourth-order valence-corrected chi connectivity index (χ4v) is 4.95. The Balaban J connectivity index is 1.70. The summed E-state index contributed by atoms with van der Waals surface area (Å²) in [6, 6.07) is 14.9. The Morgan fingerprint density at radius 2 is 1.66 bits per heavy atom. The zero-order valence-corrected chi connectivity index (χ0v) is 21.8. The lowest BCUT2D eigenvalue weighted by Gasteiger charge is -2.26. The maximum Gasteiger partial charge on any atom is 0.416 e. The number of amidine groups is 2. The molecule has 1 heterocycles. The lowest BCUT2D eigenvalue weighted by molar-refractivity contribution is -0.137. The number of aromatic hydroxyl groups is 2. The van der Waals surface area contributed by atoms with Gasteiger partial charge in [0.25, 0.3) is 0 Å². The lowest BCUT2D eigenvalue weighted by Crippen LogP contribution is -2.35. The van der Waals surface area contributed by atoms with Gasteiger partial charge in [-0.15, -0.1) is 0 Å². The Morgan fingerprint density at radius 1 is 0.974 bits per heavy atom. The highest BCUT2D eigenvalue weighted by molar-refractivity contribution is 8.13. The van der Waals surface area contributed by atoms with Gasteiger partial charge in [-0.3, -0.25) is 15.7 Å². The van der Waals surface area contributed by atoms with E-state index in [0.717, 1.165) is 34.8 Å². The minimum atomic E-state index is -4.43. The molecule has 0 unspecified atom stereocenters. The van der Waals surface area contributed by atoms with E-state index in [1.54, 1.807) is 12.1 Å². The van der Waals surface area contributed by atoms with Crippen LogP contribution in [0.2, 0.25) is 0 Å². The number of aryl methyl sites for hydroxylation is 1. The summed E-state index contributed by atoms with van der Waals surface area (Å²) < 4.78 is 40.7. The molecule has 0 fully saturated rings. The van der Waals surface area contributed by atoms with Crippen molar-refractivity contribution in [1.29, 1.82) is 10.8 Å². The van der Waals surface area contributed by atoms with Crippen LogP contribution in [0.1, 0.15) is 42.0 Å². The zero-order valence-electron chi connectivity index (χ0n) is 21.0. The van der Waals surface area contributed by atoms with Crippen molar-refractivity contribution in [3.8, 4) is 11.5 Å². The van der Waals surface area contributed by atoms with Crippen LogP contribution in [0.5, 0.6) is 11.5 Å². The Kier molecular flexibility index (Phi) is 7.46. The topological polar surface area (TPSA) is 96.3 Å². The monoisotopic (exact) mass is 540 g/mol. The minimum Gasteiger partial charge on any atom is -0.508 e. The molecule has 0 aliphatic heterocycles. The van der Waals surface area contributed by atoms with Gasteiger partial charge in [0.15, 0.2) is 5.17 Å². The van der Waals surface area contributed by atoms with Crippen LogP contribution in [0.4, 0.5) is 18.9 Å². The molecule has 6 nitrogen and oxygen atoms in total. The Labute approximate surface area is 222 Å². The number of halogens is 3. The van der Waals surface area contributed by atoms with E-state index >= 15 is 0 Å². The molecule has 0 radical (unpaired) electrons. The van der Waals surface area contributed by atoms with Crippen LogP contribution in [0.25, 0.3) is 10.9 Å². The van der Waals surface area contributed by atoms with Crippen molar-refractivity contribution in [1.82, 2.24) is 4.57 Å². The first kappa shape index (κ1) is 27.1. The number of nitrogens with one attached hydrogen (secondary N) is 2. The highest BCUT2D eigenvalue weighted by atomic mass is 32.2. The van der Waals surface area contributed by atoms with Crippen LogP contribution < -0.4 is 4.90 Å². The molecule has 0 amide bonds. The van der Waals surface area contributed by atoms with Gasteiger partial charge in [0.2, 0.25) is 0 Å². The molecule has 0 bridgehead atoms. The Morgan fingerprint density at radius 3 is 2.29 bits per heavy atom. The molecule has 3 aromatic carbocycles. The molecular formula is C28H27F3N4O2S. The summed E-state index contributed by atoms with van der Waals surface area (Å²) in [5, 5.41) is 39.6. The van der Waals surface area contributed by atoms with Crippen molar-refractivity contribution < 1.29 is 23.4 Å². The third-order valence-electron chi connectivity index (χ3n) is 6.23. The summed E-state index contributed by atoms with van der Waals surface area (Å²) in [4.78, 5) is 1.37. The van der Waals surface area contributed by atoms with Gasteiger partial charge in [-0.2, -0.15) is 13.2 Å². The summed E-state index contributed by atoms with van der Waals surface area (Å²) in [5.74, 6) is -0.441. The average Bonchev–Trinajstić information content (AvgIpc) is 3.22. The highest BCUT2D eigenvalue weighted by Gasteiger charge is 2.30. The van der Waals surface area contributed by atoms with Gasteiger partial charge in [0.05, 0.1) is 16.8 Å². The summed E-state index contributed by atoms with van der Waals surface area (Å²) in [6.07, 6.45) is -2.53. The van der Waals surface area contributed by atoms with Crippen LogP contribution >= 0.6 is 11.8 Å². The number of phenols is 2. The molecule has 0 saturated carbocycles. The summed E-state index contributed by atoms with van der Waals surface area (Å²) in [5.41, 5.74) is 2.00. The molecule has 4 rings (SSSR count). The van der Waals surface area contributed by atoms with Crippen molar-refractivity contribution in [3.05, 3.63) is 89.1 Å². The van der Waals surface area contributed by atoms with E-state index in [1.165, 1.54) is 23.1 Å². The predicted molar refractivity (Wildman–Crippen MR) is 147 cm³/mol. The van der Waals surface area contributed by atoms with Crippen LogP contribution in [0.15, 0.2) is 66.9 Å². The molecule has 4 N–H and O–H groups in total. The number of phenolic OH excluding ortho intramolecular Hbond substituents is 2. The second-order valence-corrected chi connectivity index (χ2v) is 10.2. The Bertz CT molecular complexity index is 1510. The van der Waals surface area contributed by atoms with Gasteiger partial charge in [0.1, 0.15) is 17.3 Å². The van der Waals surface area contributed by atoms with Gasteiger partial charge in [-0.1, -0.05) is 37.7 Å². The number of thioether (sulfide) groups is 1. The first-order chi connectivity index (χ1) is 17.9. The smallest absolute Gasteiger partial charge is 0.416 e. The van der Waals surface area contributed by atoms with Crippen LogP contribution in [-0.4, -0.2) is 25.8 Å². The lowest BCUT2D eigenvalue weighted by atomic mass is 9.98. The number of nitrogens with zero attached hydrogens (tertiary/aromatic N) is 2. The van der Waals surface area contributed by atoms with Gasteiger partial charge in [-0.05, 0) is 59.5 Å². The molecule has 0 saturated heterocycles. The van der Waals surface area contributed by atoms with Gasteiger partial charge >= 0.3 is 6.18 Å². The molecule has 0 aliphatic rings. The van der Waals surface area contributed by atoms with E-state index in [-0.39, 0.29) is 39.7 Å². The summed E-state index contributed by atoms with van der Waals surface area (Å²) in [6.45, 7) is 3.76. The summed E-state index contributed by atoms with van der Waals surface area (Å²) in [7, 11) is 1.91. The fraction of sp³-hybridized carbons (Fsp3) is 0.214. The van der Waals surface area contributed by atoms with Gasteiger partial charge in [0, 0.05) is 36.0 Å². The summed E-state index contributed by atoms with van der Waals surface area (Å²) >= 11 is 1.05. The molecule has 198 valence electrons. The maximum absolute atomic E-state index is 12.9. The molecule has 0 aliphatic carbocycles. The van der Waals surface area contributed by atoms with E-state index in [1.807, 2.05) is 49.9 Å². The zero-order chi connectivity index (χ0) is 27.8. The molecule has 10 heteroatoms. The quantitative estimate of drug-likeness (QED) is 0.156. The second-order valence-electron chi connectivity index (χ2n) is 9.23. The molecule has 0 spiro atoms. The number of hydrogen-bond donors (Lipinski definition) is 4. The first-order valence-electron chi connectivity index (χ1n) is 11.7. The molecule has 4 aromatic rings. The van der Waals surface area contributed by atoms with Crippen molar-refractivity contribution >= 4 is 39.4 Å². The van der Waals surface area contributed by atoms with Gasteiger partial charge in [-0.25, -0.2) is 0 Å². The largest absolute Gasteiger partial charge is 0.508 e. The second kappa shape index (κ2) is 10.4. The number of benzene rings is 3. The third-order valence-corrected chi connectivity index (χ3v) is 7.17. The average molecular weight is 541 g/mol. The van der Waals surface area contributed by atoms with E-state index in [9.17, 15) is 23.4 Å². The number of anilines is 1. The molecular weight excluding hydrogens is 513 g/mol. The van der Waals surface area contributed by atoms with Crippen LogP contribution in [0.3, 0.4) is 0 Å².